The Balaban J connectivity index is 1.79. The molecule has 1 unspecified atom stereocenters. The molecule has 0 spiro atoms. The van der Waals surface area contributed by atoms with Crippen LogP contribution in [0.2, 0.25) is 0 Å². The lowest BCUT2D eigenvalue weighted by molar-refractivity contribution is -0.115. The van der Waals surface area contributed by atoms with Crippen LogP contribution in [0.5, 0.6) is 0 Å². The molecule has 0 aliphatic rings. The van der Waals surface area contributed by atoms with E-state index >= 15 is 0 Å². The number of aryl methyl sites for hydroxylation is 1. The van der Waals surface area contributed by atoms with Gasteiger partial charge in [0.05, 0.1) is 10.1 Å². The first-order valence-electron chi connectivity index (χ1n) is 10.1. The minimum atomic E-state index is -3.60. The van der Waals surface area contributed by atoms with Gasteiger partial charge in [-0.25, -0.2) is 12.7 Å². The normalized spacial score (nSPS) is 12.7. The van der Waals surface area contributed by atoms with Gasteiger partial charge in [-0.1, -0.05) is 48.2 Å². The fourth-order valence-electron chi connectivity index (χ4n) is 3.01. The fourth-order valence-corrected chi connectivity index (χ4v) is 4.86. The molecule has 3 rings (SSSR count). The smallest absolute Gasteiger partial charge is 0.242 e. The van der Waals surface area contributed by atoms with Crippen molar-refractivity contribution in [2.24, 2.45) is 0 Å². The lowest BCUT2D eigenvalue weighted by atomic mass is 10.2. The van der Waals surface area contributed by atoms with E-state index in [1.807, 2.05) is 48.7 Å². The summed E-state index contributed by atoms with van der Waals surface area (Å²) in [7, 11) is -0.654. The number of amides is 1. The Bertz CT molecular complexity index is 1210. The summed E-state index contributed by atoms with van der Waals surface area (Å²) >= 11 is 1.31. The quantitative estimate of drug-likeness (QED) is 0.502. The number of anilines is 1. The van der Waals surface area contributed by atoms with Crippen LogP contribution in [-0.2, 0) is 21.4 Å². The topological polar surface area (TPSA) is 97.2 Å². The van der Waals surface area contributed by atoms with Crippen LogP contribution in [0.1, 0.15) is 19.4 Å². The number of aromatic nitrogens is 3. The molecule has 32 heavy (non-hydrogen) atoms. The molecule has 0 aliphatic carbocycles. The zero-order chi connectivity index (χ0) is 23.5. The number of hydrogen-bond acceptors (Lipinski definition) is 6. The van der Waals surface area contributed by atoms with Gasteiger partial charge in [0.25, 0.3) is 0 Å². The third-order valence-corrected chi connectivity index (χ3v) is 7.85. The number of carbonyl (C=O) groups is 1. The maximum Gasteiger partial charge on any atom is 0.242 e. The first kappa shape index (κ1) is 24.0. The van der Waals surface area contributed by atoms with E-state index in [1.165, 1.54) is 38.0 Å². The Morgan fingerprint density at radius 1 is 1.16 bits per heavy atom. The number of thioether (sulfide) groups is 1. The molecule has 1 N–H and O–H groups in total. The molecule has 0 fully saturated rings. The van der Waals surface area contributed by atoms with Crippen molar-refractivity contribution in [2.75, 3.05) is 19.4 Å². The highest BCUT2D eigenvalue weighted by Gasteiger charge is 2.22. The van der Waals surface area contributed by atoms with Crippen molar-refractivity contribution in [2.45, 2.75) is 42.6 Å². The number of hydrogen-bond donors (Lipinski definition) is 1. The molecule has 8 nitrogen and oxygen atoms in total. The van der Waals surface area contributed by atoms with E-state index in [1.54, 1.807) is 13.0 Å². The highest BCUT2D eigenvalue weighted by molar-refractivity contribution is 8.00. The molecule has 1 aromatic heterocycles. The average molecular weight is 474 g/mol. The van der Waals surface area contributed by atoms with Crippen molar-refractivity contribution in [3.8, 4) is 11.4 Å². The van der Waals surface area contributed by atoms with Crippen molar-refractivity contribution >= 4 is 33.4 Å². The summed E-state index contributed by atoms with van der Waals surface area (Å²) in [4.78, 5) is 13.0. The Kier molecular flexibility index (Phi) is 7.37. The van der Waals surface area contributed by atoms with Crippen LogP contribution in [0.25, 0.3) is 11.4 Å². The maximum absolute atomic E-state index is 12.9. The van der Waals surface area contributed by atoms with Crippen molar-refractivity contribution in [1.29, 1.82) is 0 Å². The third-order valence-electron chi connectivity index (χ3n) is 4.96. The van der Waals surface area contributed by atoms with Gasteiger partial charge in [0.2, 0.25) is 15.9 Å². The monoisotopic (exact) mass is 473 g/mol. The Morgan fingerprint density at radius 3 is 2.47 bits per heavy atom. The summed E-state index contributed by atoms with van der Waals surface area (Å²) in [5.41, 5.74) is 2.20. The predicted octanol–water partition coefficient (Wildman–Crippen LogP) is 3.64. The summed E-state index contributed by atoms with van der Waals surface area (Å²) in [6.45, 7) is 6.27. The highest BCUT2D eigenvalue weighted by Crippen LogP contribution is 2.28. The third kappa shape index (κ3) is 5.03. The lowest BCUT2D eigenvalue weighted by Gasteiger charge is -2.16. The first-order valence-corrected chi connectivity index (χ1v) is 12.5. The van der Waals surface area contributed by atoms with E-state index in [9.17, 15) is 13.2 Å². The Morgan fingerprint density at radius 2 is 1.84 bits per heavy atom. The van der Waals surface area contributed by atoms with Crippen LogP contribution in [0.3, 0.4) is 0 Å². The highest BCUT2D eigenvalue weighted by atomic mass is 32.2. The molecule has 0 saturated heterocycles. The van der Waals surface area contributed by atoms with Crippen LogP contribution in [0.15, 0.2) is 58.6 Å². The van der Waals surface area contributed by atoms with Gasteiger partial charge in [-0.15, -0.1) is 10.2 Å². The van der Waals surface area contributed by atoms with E-state index in [0.717, 1.165) is 21.3 Å². The maximum atomic E-state index is 12.9. The zero-order valence-corrected chi connectivity index (χ0v) is 20.4. The number of benzene rings is 2. The number of sulfonamides is 1. The molecular formula is C22H27N5O3S2. The number of nitrogens with one attached hydrogen (secondary N) is 1. The second-order valence-electron chi connectivity index (χ2n) is 7.43. The number of carbonyl (C=O) groups excluding carboxylic acids is 1. The Labute approximate surface area is 193 Å². The molecule has 0 radical (unpaired) electrons. The molecule has 170 valence electrons. The van der Waals surface area contributed by atoms with Gasteiger partial charge in [-0.3, -0.25) is 4.79 Å². The van der Waals surface area contributed by atoms with Crippen LogP contribution in [0.4, 0.5) is 5.69 Å². The minimum Gasteiger partial charge on any atom is -0.325 e. The largest absolute Gasteiger partial charge is 0.325 e. The molecule has 0 aliphatic heterocycles. The van der Waals surface area contributed by atoms with E-state index in [2.05, 4.69) is 15.5 Å². The molecule has 2 aromatic carbocycles. The van der Waals surface area contributed by atoms with Gasteiger partial charge >= 0.3 is 0 Å². The van der Waals surface area contributed by atoms with E-state index in [0.29, 0.717) is 17.4 Å². The number of nitrogens with zero attached hydrogens (tertiary/aromatic N) is 4. The summed E-state index contributed by atoms with van der Waals surface area (Å²) < 4.78 is 28.0. The Hall–Kier alpha value is -2.69. The van der Waals surface area contributed by atoms with Crippen LogP contribution < -0.4 is 5.32 Å². The molecule has 10 heteroatoms. The lowest BCUT2D eigenvalue weighted by Crippen LogP contribution is -2.25. The molecule has 3 aromatic rings. The van der Waals surface area contributed by atoms with E-state index < -0.39 is 15.3 Å². The van der Waals surface area contributed by atoms with Gasteiger partial charge in [-0.2, -0.15) is 0 Å². The zero-order valence-electron chi connectivity index (χ0n) is 18.7. The number of rotatable bonds is 8. The second kappa shape index (κ2) is 9.85. The standard InChI is InChI=1S/C22H27N5O3S2/c1-6-27-20(17-10-8-7-9-11-17)24-25-22(27)31-16(3)21(28)23-19-14-18(13-12-15(19)2)32(29,30)26(4)5/h7-14,16H,6H2,1-5H3,(H,23,28). The summed E-state index contributed by atoms with van der Waals surface area (Å²) in [6, 6.07) is 14.5. The molecule has 0 saturated carbocycles. The average Bonchev–Trinajstić information content (AvgIpc) is 3.17. The van der Waals surface area contributed by atoms with Crippen LogP contribution in [-0.4, -0.2) is 52.7 Å². The molecule has 1 heterocycles. The molecular weight excluding hydrogens is 446 g/mol. The first-order chi connectivity index (χ1) is 15.1. The summed E-state index contributed by atoms with van der Waals surface area (Å²) in [5.74, 6) is 0.505. The molecule has 1 amide bonds. The van der Waals surface area contributed by atoms with Gasteiger partial charge < -0.3 is 9.88 Å². The molecule has 1 atom stereocenters. The molecule has 0 bridgehead atoms. The fraction of sp³-hybridized carbons (Fsp3) is 0.318. The van der Waals surface area contributed by atoms with Crippen molar-refractivity contribution in [3.63, 3.8) is 0 Å². The van der Waals surface area contributed by atoms with Crippen molar-refractivity contribution in [3.05, 3.63) is 54.1 Å². The van der Waals surface area contributed by atoms with Crippen LogP contribution in [0, 0.1) is 6.92 Å². The predicted molar refractivity (Wildman–Crippen MR) is 127 cm³/mol. The van der Waals surface area contributed by atoms with E-state index in [-0.39, 0.29) is 10.8 Å². The second-order valence-corrected chi connectivity index (χ2v) is 10.9. The minimum absolute atomic E-state index is 0.127. The van der Waals surface area contributed by atoms with Crippen molar-refractivity contribution < 1.29 is 13.2 Å². The van der Waals surface area contributed by atoms with E-state index in [4.69, 9.17) is 0 Å². The van der Waals surface area contributed by atoms with Gasteiger partial charge in [0, 0.05) is 31.9 Å². The summed E-state index contributed by atoms with van der Waals surface area (Å²) in [5, 5.41) is 11.6. The van der Waals surface area contributed by atoms with Crippen LogP contribution >= 0.6 is 11.8 Å². The van der Waals surface area contributed by atoms with Crippen molar-refractivity contribution in [1.82, 2.24) is 19.1 Å². The summed E-state index contributed by atoms with van der Waals surface area (Å²) in [6.07, 6.45) is 0. The van der Waals surface area contributed by atoms with Gasteiger partial charge in [0.15, 0.2) is 11.0 Å². The van der Waals surface area contributed by atoms with Gasteiger partial charge in [0.1, 0.15) is 0 Å². The SMILES string of the molecule is CCn1c(SC(C)C(=O)Nc2cc(S(=O)(=O)N(C)C)ccc2C)nnc1-c1ccccc1. The van der Waals surface area contributed by atoms with Gasteiger partial charge in [-0.05, 0) is 38.5 Å².